The SMILES string of the molecule is O=S(=O)(Nc1cc(-c2ccccc2)nc(Oc2ccccc2)n1)c1ccccc1. The van der Waals surface area contributed by atoms with Crippen LogP contribution in [0.25, 0.3) is 11.3 Å². The van der Waals surface area contributed by atoms with E-state index in [1.165, 1.54) is 12.1 Å². The summed E-state index contributed by atoms with van der Waals surface area (Å²) in [6, 6.07) is 28.2. The standard InChI is InChI=1S/C22H17N3O3S/c26-29(27,19-14-8-3-9-15-19)25-21-16-20(17-10-4-1-5-11-17)23-22(24-21)28-18-12-6-2-7-13-18/h1-16H,(H,23,24,25). The van der Waals surface area contributed by atoms with Gasteiger partial charge in [-0.3, -0.25) is 4.72 Å². The highest BCUT2D eigenvalue weighted by Crippen LogP contribution is 2.26. The molecule has 0 saturated carbocycles. The Balaban J connectivity index is 1.73. The quantitative estimate of drug-likeness (QED) is 0.503. The summed E-state index contributed by atoms with van der Waals surface area (Å²) in [5.74, 6) is 0.670. The number of anilines is 1. The van der Waals surface area contributed by atoms with E-state index in [1.54, 1.807) is 36.4 Å². The molecular formula is C22H17N3O3S. The van der Waals surface area contributed by atoms with Crippen LogP contribution in [0.1, 0.15) is 0 Å². The van der Waals surface area contributed by atoms with Crippen molar-refractivity contribution < 1.29 is 13.2 Å². The molecule has 6 nitrogen and oxygen atoms in total. The summed E-state index contributed by atoms with van der Waals surface area (Å²) in [7, 11) is -3.80. The van der Waals surface area contributed by atoms with E-state index in [0.717, 1.165) is 5.56 Å². The Morgan fingerprint density at radius 2 is 1.31 bits per heavy atom. The van der Waals surface area contributed by atoms with Crippen LogP contribution in [-0.4, -0.2) is 18.4 Å². The number of hydrogen-bond donors (Lipinski definition) is 1. The van der Waals surface area contributed by atoms with E-state index >= 15 is 0 Å². The van der Waals surface area contributed by atoms with Crippen molar-refractivity contribution in [1.29, 1.82) is 0 Å². The Kier molecular flexibility index (Phi) is 5.22. The number of rotatable bonds is 6. The van der Waals surface area contributed by atoms with Gasteiger partial charge in [0.1, 0.15) is 11.6 Å². The topological polar surface area (TPSA) is 81.2 Å². The Labute approximate surface area is 168 Å². The van der Waals surface area contributed by atoms with Crippen LogP contribution < -0.4 is 9.46 Å². The van der Waals surface area contributed by atoms with Crippen molar-refractivity contribution in [2.24, 2.45) is 0 Å². The summed E-state index contributed by atoms with van der Waals surface area (Å²) in [6.45, 7) is 0. The van der Waals surface area contributed by atoms with Crippen LogP contribution in [0.5, 0.6) is 11.8 Å². The van der Waals surface area contributed by atoms with Crippen molar-refractivity contribution >= 4 is 15.8 Å². The Bertz CT molecular complexity index is 1200. The first-order valence-electron chi connectivity index (χ1n) is 8.85. The first kappa shape index (κ1) is 18.6. The van der Waals surface area contributed by atoms with Gasteiger partial charge < -0.3 is 4.74 Å². The molecule has 29 heavy (non-hydrogen) atoms. The van der Waals surface area contributed by atoms with Crippen LogP contribution >= 0.6 is 0 Å². The molecule has 0 aliphatic carbocycles. The van der Waals surface area contributed by atoms with E-state index in [9.17, 15) is 8.42 Å². The summed E-state index contributed by atoms with van der Waals surface area (Å²) in [6.07, 6.45) is 0. The number of sulfonamides is 1. The highest BCUT2D eigenvalue weighted by molar-refractivity contribution is 7.92. The molecule has 1 heterocycles. The molecule has 0 aliphatic rings. The molecule has 0 amide bonds. The Morgan fingerprint density at radius 1 is 0.724 bits per heavy atom. The van der Waals surface area contributed by atoms with Gasteiger partial charge in [0.15, 0.2) is 0 Å². The molecule has 0 fully saturated rings. The number of nitrogens with zero attached hydrogens (tertiary/aromatic N) is 2. The van der Waals surface area contributed by atoms with Gasteiger partial charge >= 0.3 is 6.01 Å². The van der Waals surface area contributed by atoms with E-state index in [4.69, 9.17) is 4.74 Å². The zero-order valence-corrected chi connectivity index (χ0v) is 16.1. The molecule has 1 N–H and O–H groups in total. The third kappa shape index (κ3) is 4.59. The second-order valence-electron chi connectivity index (χ2n) is 6.12. The van der Waals surface area contributed by atoms with E-state index in [-0.39, 0.29) is 16.7 Å². The van der Waals surface area contributed by atoms with Crippen molar-refractivity contribution in [2.75, 3.05) is 4.72 Å². The van der Waals surface area contributed by atoms with E-state index < -0.39 is 10.0 Å². The number of ether oxygens (including phenoxy) is 1. The van der Waals surface area contributed by atoms with Gasteiger partial charge in [-0.1, -0.05) is 66.7 Å². The van der Waals surface area contributed by atoms with Gasteiger partial charge in [0.25, 0.3) is 10.0 Å². The molecule has 4 aromatic rings. The molecule has 3 aromatic carbocycles. The number of benzene rings is 3. The van der Waals surface area contributed by atoms with Crippen molar-refractivity contribution in [1.82, 2.24) is 9.97 Å². The largest absolute Gasteiger partial charge is 0.424 e. The first-order chi connectivity index (χ1) is 14.1. The molecule has 1 aromatic heterocycles. The Morgan fingerprint density at radius 3 is 1.97 bits per heavy atom. The first-order valence-corrected chi connectivity index (χ1v) is 10.3. The van der Waals surface area contributed by atoms with Gasteiger partial charge in [0.05, 0.1) is 10.6 Å². The summed E-state index contributed by atoms with van der Waals surface area (Å²) < 4.78 is 33.7. The molecule has 144 valence electrons. The average molecular weight is 403 g/mol. The average Bonchev–Trinajstić information content (AvgIpc) is 2.75. The zero-order chi connectivity index (χ0) is 20.1. The summed E-state index contributed by atoms with van der Waals surface area (Å²) in [5, 5.41) is 0. The van der Waals surface area contributed by atoms with Gasteiger partial charge in [-0.05, 0) is 24.3 Å². The molecule has 0 unspecified atom stereocenters. The monoisotopic (exact) mass is 403 g/mol. The minimum Gasteiger partial charge on any atom is -0.424 e. The van der Waals surface area contributed by atoms with Crippen LogP contribution in [-0.2, 0) is 10.0 Å². The normalized spacial score (nSPS) is 11.0. The third-order valence-electron chi connectivity index (χ3n) is 4.02. The minimum absolute atomic E-state index is 0.0447. The molecule has 7 heteroatoms. The molecule has 0 bridgehead atoms. The fourth-order valence-corrected chi connectivity index (χ4v) is 3.68. The van der Waals surface area contributed by atoms with Crippen molar-refractivity contribution in [2.45, 2.75) is 4.90 Å². The lowest BCUT2D eigenvalue weighted by Gasteiger charge is -2.11. The highest BCUT2D eigenvalue weighted by atomic mass is 32.2. The van der Waals surface area contributed by atoms with Crippen LogP contribution in [0.3, 0.4) is 0 Å². The van der Waals surface area contributed by atoms with Gasteiger partial charge in [0, 0.05) is 11.6 Å². The molecular weight excluding hydrogens is 386 g/mol. The second kappa shape index (κ2) is 8.12. The third-order valence-corrected chi connectivity index (χ3v) is 5.39. The number of aromatic nitrogens is 2. The van der Waals surface area contributed by atoms with Gasteiger partial charge in [-0.25, -0.2) is 8.42 Å². The fraction of sp³-hybridized carbons (Fsp3) is 0. The maximum absolute atomic E-state index is 12.7. The fourth-order valence-electron chi connectivity index (χ4n) is 2.67. The molecule has 0 atom stereocenters. The van der Waals surface area contributed by atoms with E-state index in [1.807, 2.05) is 48.5 Å². The van der Waals surface area contributed by atoms with Crippen LogP contribution in [0, 0.1) is 0 Å². The molecule has 0 saturated heterocycles. The summed E-state index contributed by atoms with van der Waals surface area (Å²) in [4.78, 5) is 8.82. The zero-order valence-electron chi connectivity index (χ0n) is 15.3. The minimum atomic E-state index is -3.80. The highest BCUT2D eigenvalue weighted by Gasteiger charge is 2.17. The van der Waals surface area contributed by atoms with Gasteiger partial charge in [-0.2, -0.15) is 9.97 Å². The van der Waals surface area contributed by atoms with E-state index in [0.29, 0.717) is 11.4 Å². The lowest BCUT2D eigenvalue weighted by Crippen LogP contribution is -2.14. The number of hydrogen-bond acceptors (Lipinski definition) is 5. The van der Waals surface area contributed by atoms with Crippen molar-refractivity contribution in [3.8, 4) is 23.0 Å². The molecule has 0 aliphatic heterocycles. The van der Waals surface area contributed by atoms with Gasteiger partial charge in [0.2, 0.25) is 0 Å². The smallest absolute Gasteiger partial charge is 0.324 e. The van der Waals surface area contributed by atoms with Crippen molar-refractivity contribution in [3.05, 3.63) is 97.1 Å². The van der Waals surface area contributed by atoms with Crippen molar-refractivity contribution in [3.63, 3.8) is 0 Å². The lowest BCUT2D eigenvalue weighted by molar-refractivity contribution is 0.443. The maximum Gasteiger partial charge on any atom is 0.324 e. The Hall–Kier alpha value is -3.71. The molecule has 0 radical (unpaired) electrons. The number of para-hydroxylation sites is 1. The summed E-state index contributed by atoms with van der Waals surface area (Å²) >= 11 is 0. The molecule has 4 rings (SSSR count). The maximum atomic E-state index is 12.7. The predicted octanol–water partition coefficient (Wildman–Crippen LogP) is 4.74. The summed E-state index contributed by atoms with van der Waals surface area (Å²) in [5.41, 5.74) is 1.35. The lowest BCUT2D eigenvalue weighted by atomic mass is 10.1. The second-order valence-corrected chi connectivity index (χ2v) is 7.80. The van der Waals surface area contributed by atoms with E-state index in [2.05, 4.69) is 14.7 Å². The van der Waals surface area contributed by atoms with Crippen LogP contribution in [0.15, 0.2) is 102 Å². The van der Waals surface area contributed by atoms with Gasteiger partial charge in [-0.15, -0.1) is 0 Å². The molecule has 0 spiro atoms. The van der Waals surface area contributed by atoms with Crippen LogP contribution in [0.2, 0.25) is 0 Å². The predicted molar refractivity (Wildman–Crippen MR) is 111 cm³/mol. The van der Waals surface area contributed by atoms with Crippen LogP contribution in [0.4, 0.5) is 5.82 Å². The number of nitrogens with one attached hydrogen (secondary N) is 1.